The van der Waals surface area contributed by atoms with Gasteiger partial charge >= 0.3 is 6.03 Å². The van der Waals surface area contributed by atoms with E-state index in [1.165, 1.54) is 20.3 Å². The second kappa shape index (κ2) is 8.03. The Bertz CT molecular complexity index is 1090. The third-order valence-electron chi connectivity index (χ3n) is 4.42. The first-order chi connectivity index (χ1) is 14.3. The molecule has 0 atom stereocenters. The van der Waals surface area contributed by atoms with E-state index in [2.05, 4.69) is 5.32 Å². The number of nitrogens with zero attached hydrogens (tertiary/aromatic N) is 2. The molecule has 0 aliphatic carbocycles. The average Bonchev–Trinajstić information content (AvgIpc) is 2.71. The van der Waals surface area contributed by atoms with Crippen molar-refractivity contribution in [3.8, 4) is 11.5 Å². The van der Waals surface area contributed by atoms with Gasteiger partial charge in [-0.2, -0.15) is 0 Å². The number of nitro benzene ring substituents is 1. The number of aryl methyl sites for hydroxylation is 1. The number of carbonyl (C=O) groups excluding carboxylic acids is 3. The number of carbonyl (C=O) groups is 3. The fraction of sp³-hybridized carbons (Fsp3) is 0.150. The summed E-state index contributed by atoms with van der Waals surface area (Å²) in [5, 5.41) is 13.6. The lowest BCUT2D eigenvalue weighted by Crippen LogP contribution is -2.54. The molecule has 10 nitrogen and oxygen atoms in total. The van der Waals surface area contributed by atoms with Gasteiger partial charge in [-0.05, 0) is 31.2 Å². The molecule has 0 bridgehead atoms. The summed E-state index contributed by atoms with van der Waals surface area (Å²) in [6, 6.07) is 8.01. The lowest BCUT2D eigenvalue weighted by Gasteiger charge is -2.26. The average molecular weight is 411 g/mol. The Balaban J connectivity index is 2.12. The van der Waals surface area contributed by atoms with Crippen molar-refractivity contribution in [2.75, 3.05) is 19.1 Å². The van der Waals surface area contributed by atoms with E-state index in [0.29, 0.717) is 0 Å². The summed E-state index contributed by atoms with van der Waals surface area (Å²) < 4.78 is 10.2. The van der Waals surface area contributed by atoms with Crippen LogP contribution in [-0.2, 0) is 9.59 Å². The Morgan fingerprint density at radius 1 is 1.03 bits per heavy atom. The Morgan fingerprint density at radius 3 is 2.20 bits per heavy atom. The molecule has 2 aromatic rings. The van der Waals surface area contributed by atoms with E-state index in [0.717, 1.165) is 22.6 Å². The molecule has 154 valence electrons. The summed E-state index contributed by atoms with van der Waals surface area (Å²) in [4.78, 5) is 49.1. The normalized spacial score (nSPS) is 15.2. The van der Waals surface area contributed by atoms with E-state index in [1.54, 1.807) is 24.3 Å². The molecule has 0 unspecified atom stereocenters. The minimum Gasteiger partial charge on any atom is -0.493 e. The molecule has 1 heterocycles. The van der Waals surface area contributed by atoms with Gasteiger partial charge < -0.3 is 9.47 Å². The van der Waals surface area contributed by atoms with E-state index in [9.17, 15) is 24.5 Å². The van der Waals surface area contributed by atoms with Crippen molar-refractivity contribution >= 4 is 35.3 Å². The lowest BCUT2D eigenvalue weighted by molar-refractivity contribution is -0.385. The number of ether oxygens (including phenoxy) is 2. The molecule has 1 saturated heterocycles. The van der Waals surface area contributed by atoms with E-state index in [-0.39, 0.29) is 22.7 Å². The van der Waals surface area contributed by atoms with Gasteiger partial charge in [-0.25, -0.2) is 9.69 Å². The maximum absolute atomic E-state index is 12.9. The van der Waals surface area contributed by atoms with Crippen LogP contribution in [0.3, 0.4) is 0 Å². The van der Waals surface area contributed by atoms with Crippen LogP contribution in [0.2, 0.25) is 0 Å². The van der Waals surface area contributed by atoms with Crippen LogP contribution in [0.25, 0.3) is 6.08 Å². The molecule has 0 spiro atoms. The van der Waals surface area contributed by atoms with Crippen molar-refractivity contribution in [1.29, 1.82) is 0 Å². The molecule has 0 saturated carbocycles. The largest absolute Gasteiger partial charge is 0.493 e. The first-order valence-electron chi connectivity index (χ1n) is 8.65. The van der Waals surface area contributed by atoms with Gasteiger partial charge in [-0.1, -0.05) is 17.7 Å². The van der Waals surface area contributed by atoms with Crippen molar-refractivity contribution in [1.82, 2.24) is 5.32 Å². The summed E-state index contributed by atoms with van der Waals surface area (Å²) in [7, 11) is 2.67. The predicted molar refractivity (Wildman–Crippen MR) is 106 cm³/mol. The number of rotatable bonds is 5. The van der Waals surface area contributed by atoms with E-state index >= 15 is 0 Å². The number of benzene rings is 2. The van der Waals surface area contributed by atoms with E-state index in [4.69, 9.17) is 9.47 Å². The zero-order valence-corrected chi connectivity index (χ0v) is 16.3. The van der Waals surface area contributed by atoms with Crippen LogP contribution >= 0.6 is 0 Å². The highest BCUT2D eigenvalue weighted by molar-refractivity contribution is 6.39. The van der Waals surface area contributed by atoms with Gasteiger partial charge in [0.25, 0.3) is 17.5 Å². The second-order valence-electron chi connectivity index (χ2n) is 6.32. The maximum Gasteiger partial charge on any atom is 0.335 e. The Labute approximate surface area is 170 Å². The predicted octanol–water partition coefficient (Wildman–Crippen LogP) is 2.59. The smallest absolute Gasteiger partial charge is 0.335 e. The summed E-state index contributed by atoms with van der Waals surface area (Å²) in [6.07, 6.45) is 1.05. The molecule has 3 rings (SSSR count). The topological polar surface area (TPSA) is 128 Å². The zero-order chi connectivity index (χ0) is 22.0. The number of anilines is 1. The molecule has 0 radical (unpaired) electrons. The SMILES string of the molecule is COc1cc(C=C2C(=O)NC(=O)N(c3ccc(C)cc3)C2=O)c([N+](=O)[O-])cc1OC. The van der Waals surface area contributed by atoms with Crippen LogP contribution in [0.5, 0.6) is 11.5 Å². The van der Waals surface area contributed by atoms with E-state index in [1.807, 2.05) is 6.92 Å². The van der Waals surface area contributed by atoms with Crippen LogP contribution in [0.4, 0.5) is 16.2 Å². The van der Waals surface area contributed by atoms with Crippen LogP contribution in [-0.4, -0.2) is 37.0 Å². The Hall–Kier alpha value is -4.21. The maximum atomic E-state index is 12.9. The first-order valence-corrected chi connectivity index (χ1v) is 8.65. The van der Waals surface area contributed by atoms with Gasteiger partial charge in [0.15, 0.2) is 11.5 Å². The molecule has 1 aliphatic rings. The standard InChI is InChI=1S/C20H17N3O7/c1-11-4-6-13(7-5-11)22-19(25)14(18(24)21-20(22)26)8-12-9-16(29-2)17(30-3)10-15(12)23(27)28/h4-10H,1-3H3,(H,21,24,26). The Kier molecular flexibility index (Phi) is 5.50. The van der Waals surface area contributed by atoms with Crippen molar-refractivity contribution in [2.45, 2.75) is 6.92 Å². The van der Waals surface area contributed by atoms with Gasteiger partial charge in [0, 0.05) is 0 Å². The van der Waals surface area contributed by atoms with E-state index < -0.39 is 34.0 Å². The summed E-state index contributed by atoms with van der Waals surface area (Å²) in [5.41, 5.74) is 0.263. The highest BCUT2D eigenvalue weighted by Gasteiger charge is 2.37. The van der Waals surface area contributed by atoms with Gasteiger partial charge in [0.2, 0.25) is 0 Å². The van der Waals surface area contributed by atoms with Crippen LogP contribution in [0.1, 0.15) is 11.1 Å². The summed E-state index contributed by atoms with van der Waals surface area (Å²) >= 11 is 0. The van der Waals surface area contributed by atoms with Crippen LogP contribution < -0.4 is 19.7 Å². The fourth-order valence-corrected chi connectivity index (χ4v) is 2.90. The van der Waals surface area contributed by atoms with Gasteiger partial charge in [-0.3, -0.25) is 25.0 Å². The van der Waals surface area contributed by atoms with Crippen molar-refractivity contribution < 1.29 is 28.8 Å². The van der Waals surface area contributed by atoms with Crippen LogP contribution in [0, 0.1) is 17.0 Å². The van der Waals surface area contributed by atoms with Gasteiger partial charge in [0.05, 0.1) is 36.5 Å². The quantitative estimate of drug-likeness (QED) is 0.347. The zero-order valence-electron chi connectivity index (χ0n) is 16.3. The van der Waals surface area contributed by atoms with Crippen molar-refractivity contribution in [3.63, 3.8) is 0 Å². The minimum absolute atomic E-state index is 0.0608. The van der Waals surface area contributed by atoms with Crippen LogP contribution in [0.15, 0.2) is 42.0 Å². The fourth-order valence-electron chi connectivity index (χ4n) is 2.90. The molecule has 1 fully saturated rings. The molecular weight excluding hydrogens is 394 g/mol. The number of barbiturate groups is 1. The minimum atomic E-state index is -0.961. The third kappa shape index (κ3) is 3.70. The number of nitro groups is 1. The number of urea groups is 1. The van der Waals surface area contributed by atoms with Gasteiger partial charge in [0.1, 0.15) is 5.57 Å². The molecular formula is C20H17N3O7. The monoisotopic (exact) mass is 411 g/mol. The number of nitrogens with one attached hydrogen (secondary N) is 1. The number of hydrogen-bond donors (Lipinski definition) is 1. The highest BCUT2D eigenvalue weighted by Crippen LogP contribution is 2.36. The number of methoxy groups -OCH3 is 2. The first kappa shape index (κ1) is 20.5. The molecule has 0 aromatic heterocycles. The van der Waals surface area contributed by atoms with Gasteiger partial charge in [-0.15, -0.1) is 0 Å². The van der Waals surface area contributed by atoms with Crippen molar-refractivity contribution in [3.05, 3.63) is 63.2 Å². The Morgan fingerprint density at radius 2 is 1.63 bits per heavy atom. The summed E-state index contributed by atoms with van der Waals surface area (Å²) in [6.45, 7) is 1.84. The molecule has 1 N–H and O–H groups in total. The molecule has 30 heavy (non-hydrogen) atoms. The highest BCUT2D eigenvalue weighted by atomic mass is 16.6. The number of hydrogen-bond acceptors (Lipinski definition) is 7. The molecule has 10 heteroatoms. The molecule has 4 amide bonds. The second-order valence-corrected chi connectivity index (χ2v) is 6.32. The third-order valence-corrected chi connectivity index (χ3v) is 4.42. The van der Waals surface area contributed by atoms with Crippen molar-refractivity contribution in [2.24, 2.45) is 0 Å². The molecule has 1 aliphatic heterocycles. The lowest BCUT2D eigenvalue weighted by atomic mass is 10.0. The number of amides is 4. The summed E-state index contributed by atoms with van der Waals surface area (Å²) in [5.74, 6) is -1.58. The molecule has 2 aromatic carbocycles. The number of imide groups is 2.